The second-order valence-corrected chi connectivity index (χ2v) is 18.7. The number of para-hydroxylation sites is 3. The second kappa shape index (κ2) is 15.1. The van der Waals surface area contributed by atoms with Gasteiger partial charge in [-0.15, -0.1) is 0 Å². The smallest absolute Gasteiger partial charge is 0.238 e. The number of fused-ring (bicyclic) bond motifs is 17. The van der Waals surface area contributed by atoms with E-state index in [1.165, 1.54) is 38.6 Å². The largest absolute Gasteiger partial charge is 0.456 e. The Morgan fingerprint density at radius 3 is 1.50 bits per heavy atom. The van der Waals surface area contributed by atoms with E-state index in [0.717, 1.165) is 93.1 Å². The quantitative estimate of drug-likeness (QED) is 0.165. The van der Waals surface area contributed by atoms with Crippen LogP contribution >= 0.6 is 0 Å². The van der Waals surface area contributed by atoms with Crippen molar-refractivity contribution < 1.29 is 8.83 Å². The van der Waals surface area contributed by atoms with Gasteiger partial charge in [0.25, 0.3) is 0 Å². The summed E-state index contributed by atoms with van der Waals surface area (Å²) in [5.41, 5.74) is 14.2. The normalized spacial score (nSPS) is 13.0. The summed E-state index contributed by atoms with van der Waals surface area (Å²) in [6.07, 6.45) is 0. The molecule has 6 heteroatoms. The third-order valence-electron chi connectivity index (χ3n) is 14.7. The lowest BCUT2D eigenvalue weighted by atomic mass is 9.82. The van der Waals surface area contributed by atoms with Gasteiger partial charge in [0.05, 0.1) is 11.0 Å². The van der Waals surface area contributed by atoms with E-state index in [-0.39, 0.29) is 5.41 Å². The van der Waals surface area contributed by atoms with Crippen molar-refractivity contribution in [2.45, 2.75) is 33.1 Å². The van der Waals surface area contributed by atoms with Gasteiger partial charge in [-0.05, 0) is 80.4 Å². The van der Waals surface area contributed by atoms with Gasteiger partial charge in [-0.3, -0.25) is 4.57 Å². The van der Waals surface area contributed by atoms with Crippen molar-refractivity contribution in [1.29, 1.82) is 0 Å². The average Bonchev–Trinajstić information content (AvgIpc) is 4.15. The number of aromatic nitrogens is 4. The van der Waals surface area contributed by atoms with Crippen LogP contribution in [0, 0.1) is 0 Å². The highest BCUT2D eigenvalue weighted by atomic mass is 16.3. The molecule has 0 bridgehead atoms. The van der Waals surface area contributed by atoms with Gasteiger partial charge >= 0.3 is 0 Å². The van der Waals surface area contributed by atoms with E-state index >= 15 is 0 Å². The van der Waals surface area contributed by atoms with Crippen LogP contribution in [-0.4, -0.2) is 19.5 Å². The minimum atomic E-state index is -0.172. The first-order chi connectivity index (χ1) is 34.5. The SMILES string of the molecule is CC.CC1(C)c2ccccc2-c2c(-c3cccc4c5c6ccccc6c6ccccc6c5n(-c5nc(-c6ccc7c(c6)oc6ccccc67)nc(-c6ccc7c(c6)oc6ccccc67)n5)c34)cccc21. The lowest BCUT2D eigenvalue weighted by Gasteiger charge is -2.21. The maximum Gasteiger partial charge on any atom is 0.238 e. The summed E-state index contributed by atoms with van der Waals surface area (Å²) >= 11 is 0. The van der Waals surface area contributed by atoms with Crippen LogP contribution in [-0.2, 0) is 5.41 Å². The maximum atomic E-state index is 6.47. The minimum Gasteiger partial charge on any atom is -0.456 e. The van der Waals surface area contributed by atoms with E-state index in [4.69, 9.17) is 23.8 Å². The first-order valence-electron chi connectivity index (χ1n) is 24.2. The fourth-order valence-electron chi connectivity index (χ4n) is 11.6. The molecule has 0 atom stereocenters. The molecule has 14 aromatic rings. The zero-order chi connectivity index (χ0) is 46.8. The van der Waals surface area contributed by atoms with Gasteiger partial charge in [0.2, 0.25) is 5.95 Å². The summed E-state index contributed by atoms with van der Waals surface area (Å²) in [6, 6.07) is 68.9. The van der Waals surface area contributed by atoms with Crippen LogP contribution in [0.3, 0.4) is 0 Å². The van der Waals surface area contributed by atoms with Crippen LogP contribution in [0.5, 0.6) is 0 Å². The summed E-state index contributed by atoms with van der Waals surface area (Å²) in [7, 11) is 0. The molecule has 0 saturated carbocycles. The highest BCUT2D eigenvalue weighted by Crippen LogP contribution is 2.54. The van der Waals surface area contributed by atoms with E-state index in [9.17, 15) is 0 Å². The Labute approximate surface area is 403 Å². The number of rotatable bonds is 4. The monoisotopic (exact) mass is 900 g/mol. The molecule has 0 radical (unpaired) electrons. The molecule has 4 heterocycles. The maximum absolute atomic E-state index is 6.47. The first kappa shape index (κ1) is 40.2. The lowest BCUT2D eigenvalue weighted by molar-refractivity contribution is 0.660. The molecule has 4 aromatic heterocycles. The molecule has 0 N–H and O–H groups in total. The van der Waals surface area contributed by atoms with E-state index in [0.29, 0.717) is 17.6 Å². The van der Waals surface area contributed by atoms with Gasteiger partial charge in [-0.25, -0.2) is 4.98 Å². The van der Waals surface area contributed by atoms with Gasteiger partial charge in [-0.2, -0.15) is 9.97 Å². The van der Waals surface area contributed by atoms with Crippen LogP contribution < -0.4 is 0 Å². The molecule has 0 amide bonds. The Kier molecular flexibility index (Phi) is 8.66. The van der Waals surface area contributed by atoms with E-state index in [1.54, 1.807) is 0 Å². The first-order valence-corrected chi connectivity index (χ1v) is 24.2. The Hall–Kier alpha value is -8.87. The highest BCUT2D eigenvalue weighted by Gasteiger charge is 2.37. The summed E-state index contributed by atoms with van der Waals surface area (Å²) in [6.45, 7) is 8.69. The lowest BCUT2D eigenvalue weighted by Crippen LogP contribution is -2.14. The predicted octanol–water partition coefficient (Wildman–Crippen LogP) is 17.4. The van der Waals surface area contributed by atoms with Gasteiger partial charge in [-0.1, -0.05) is 185 Å². The molecular weight excluding hydrogens is 857 g/mol. The third kappa shape index (κ3) is 5.65. The number of furan rings is 2. The van der Waals surface area contributed by atoms with Crippen molar-refractivity contribution in [2.24, 2.45) is 0 Å². The highest BCUT2D eigenvalue weighted by molar-refractivity contribution is 6.33. The molecule has 0 saturated heterocycles. The molecule has 0 fully saturated rings. The second-order valence-electron chi connectivity index (χ2n) is 18.7. The van der Waals surface area contributed by atoms with Crippen molar-refractivity contribution in [3.63, 3.8) is 0 Å². The Morgan fingerprint density at radius 2 is 0.843 bits per heavy atom. The molecule has 15 rings (SSSR count). The van der Waals surface area contributed by atoms with Crippen LogP contribution in [0.1, 0.15) is 38.8 Å². The van der Waals surface area contributed by atoms with Crippen molar-refractivity contribution in [3.8, 4) is 51.0 Å². The molecule has 0 spiro atoms. The zero-order valence-corrected chi connectivity index (χ0v) is 39.1. The van der Waals surface area contributed by atoms with E-state index < -0.39 is 0 Å². The molecule has 332 valence electrons. The van der Waals surface area contributed by atoms with Gasteiger partial charge in [0, 0.05) is 59.8 Å². The summed E-state index contributed by atoms with van der Waals surface area (Å²) < 4.78 is 15.3. The van der Waals surface area contributed by atoms with Crippen molar-refractivity contribution in [2.75, 3.05) is 0 Å². The number of nitrogens with zero attached hydrogens (tertiary/aromatic N) is 4. The van der Waals surface area contributed by atoms with Crippen LogP contribution in [0.4, 0.5) is 0 Å². The zero-order valence-electron chi connectivity index (χ0n) is 39.1. The molecule has 6 nitrogen and oxygen atoms in total. The van der Waals surface area contributed by atoms with E-state index in [1.807, 2.05) is 50.2 Å². The Morgan fingerprint density at radius 1 is 0.371 bits per heavy atom. The fraction of sp³-hybridized carbons (Fsp3) is 0.0781. The molecule has 70 heavy (non-hydrogen) atoms. The van der Waals surface area contributed by atoms with Gasteiger partial charge in [0.15, 0.2) is 11.6 Å². The summed E-state index contributed by atoms with van der Waals surface area (Å²) in [4.78, 5) is 16.4. The summed E-state index contributed by atoms with van der Waals surface area (Å²) in [5, 5.41) is 11.2. The molecule has 0 aliphatic heterocycles. The van der Waals surface area contributed by atoms with Crippen LogP contribution in [0.15, 0.2) is 203 Å². The number of hydrogen-bond donors (Lipinski definition) is 0. The fourth-order valence-corrected chi connectivity index (χ4v) is 11.6. The predicted molar refractivity (Wildman–Crippen MR) is 289 cm³/mol. The molecule has 1 aliphatic rings. The standard InChI is InChI=1S/C62H38N4O2.C2H6/c1-62(2)49-25-10-7-21-47(49)55-44(22-14-26-50(55)62)46-23-13-24-48-56-43-19-5-3-15-37(43)38-16-4-6-20-45(38)58(56)66(57(46)48)61-64-59(35-29-31-41-39-17-8-11-27-51(39)67-53(41)33-35)63-60(65-61)36-30-32-42-40-18-9-12-28-52(40)68-54(42)34-36;1-2/h3-34H,1-2H3;1-2H3. The van der Waals surface area contributed by atoms with E-state index in [2.05, 4.69) is 176 Å². The molecule has 1 aliphatic carbocycles. The molecular formula is C64H44N4O2. The Bertz CT molecular complexity index is 4360. The summed E-state index contributed by atoms with van der Waals surface area (Å²) in [5.74, 6) is 1.58. The molecule has 10 aromatic carbocycles. The molecule has 0 unspecified atom stereocenters. The topological polar surface area (TPSA) is 69.9 Å². The van der Waals surface area contributed by atoms with Gasteiger partial charge < -0.3 is 8.83 Å². The number of hydrogen-bond acceptors (Lipinski definition) is 5. The van der Waals surface area contributed by atoms with Crippen molar-refractivity contribution in [1.82, 2.24) is 19.5 Å². The van der Waals surface area contributed by atoms with Crippen molar-refractivity contribution >= 4 is 87.2 Å². The van der Waals surface area contributed by atoms with Gasteiger partial charge in [0.1, 0.15) is 22.3 Å². The van der Waals surface area contributed by atoms with Crippen molar-refractivity contribution in [3.05, 3.63) is 205 Å². The minimum absolute atomic E-state index is 0.172. The van der Waals surface area contributed by atoms with Crippen LogP contribution in [0.2, 0.25) is 0 Å². The Balaban J connectivity index is 0.00000227. The van der Waals surface area contributed by atoms with Crippen LogP contribution in [0.25, 0.3) is 138 Å². The number of benzene rings is 10. The average molecular weight is 901 g/mol. The third-order valence-corrected chi connectivity index (χ3v) is 14.7.